The molecule has 162 valence electrons. The number of benzene rings is 2. The number of likely N-dealkylation sites (N-methyl/N-ethyl adjacent to an activating group) is 1. The number of phenols is 1. The maximum atomic E-state index is 11.4. The number of nitrogens with one attached hydrogen (secondary N) is 2. The van der Waals surface area contributed by atoms with E-state index < -0.39 is 0 Å². The Kier molecular flexibility index (Phi) is 6.49. The normalized spacial score (nSPS) is 13.9. The maximum Gasteiger partial charge on any atom is 0.214 e. The molecule has 3 aromatic rings. The van der Waals surface area contributed by atoms with E-state index in [9.17, 15) is 9.90 Å². The van der Waals surface area contributed by atoms with Gasteiger partial charge < -0.3 is 30.1 Å². The molecular weight excluding hydrogens is 394 g/mol. The number of rotatable bonds is 8. The summed E-state index contributed by atoms with van der Waals surface area (Å²) in [5.41, 5.74) is 2.95. The number of anilines is 2. The van der Waals surface area contributed by atoms with E-state index in [1.165, 1.54) is 0 Å². The highest BCUT2D eigenvalue weighted by molar-refractivity contribution is 5.82. The number of carbonyl (C=O) groups is 1. The monoisotopic (exact) mass is 421 g/mol. The Morgan fingerprint density at radius 2 is 1.94 bits per heavy atom. The standard InChI is InChI=1S/C23H27N5O3/c1-24-9-12-28(16-29)18-7-5-17(6-8-18)19-3-2-4-20(23(19)30)21-15-22(26-31-21)27-13-10-25-11-14-27/h2-8,15-16,24-25,30H,9-14H2,1H3. The fraction of sp³-hybridized carbons (Fsp3) is 0.304. The van der Waals surface area contributed by atoms with E-state index in [0.717, 1.165) is 49.7 Å². The molecule has 2 heterocycles. The van der Waals surface area contributed by atoms with E-state index >= 15 is 0 Å². The van der Waals surface area contributed by atoms with E-state index in [1.54, 1.807) is 4.90 Å². The molecule has 3 N–H and O–H groups in total. The number of piperazine rings is 1. The number of aromatic nitrogens is 1. The van der Waals surface area contributed by atoms with Gasteiger partial charge in [0.1, 0.15) is 5.75 Å². The minimum atomic E-state index is 0.140. The topological polar surface area (TPSA) is 93.9 Å². The third-order valence-corrected chi connectivity index (χ3v) is 5.48. The van der Waals surface area contributed by atoms with Crippen LogP contribution >= 0.6 is 0 Å². The Labute approximate surface area is 181 Å². The Hall–Kier alpha value is -3.36. The van der Waals surface area contributed by atoms with Crippen molar-refractivity contribution in [3.63, 3.8) is 0 Å². The average Bonchev–Trinajstić information content (AvgIpc) is 3.31. The van der Waals surface area contributed by atoms with E-state index in [2.05, 4.69) is 20.7 Å². The summed E-state index contributed by atoms with van der Waals surface area (Å²) in [6.45, 7) is 4.86. The molecule has 1 aliphatic rings. The summed E-state index contributed by atoms with van der Waals surface area (Å²) >= 11 is 0. The van der Waals surface area contributed by atoms with Crippen molar-refractivity contribution in [1.29, 1.82) is 0 Å². The summed E-state index contributed by atoms with van der Waals surface area (Å²) in [5.74, 6) is 1.45. The third-order valence-electron chi connectivity index (χ3n) is 5.48. The SMILES string of the molecule is CNCCN(C=O)c1ccc(-c2cccc(-c3cc(N4CCNCC4)no3)c2O)cc1. The fourth-order valence-electron chi connectivity index (χ4n) is 3.72. The largest absolute Gasteiger partial charge is 0.507 e. The van der Waals surface area contributed by atoms with Gasteiger partial charge in [-0.15, -0.1) is 0 Å². The number of para-hydroxylation sites is 1. The Balaban J connectivity index is 1.58. The van der Waals surface area contributed by atoms with Crippen LogP contribution in [0.15, 0.2) is 53.1 Å². The van der Waals surface area contributed by atoms with Gasteiger partial charge in [0, 0.05) is 56.6 Å². The van der Waals surface area contributed by atoms with Gasteiger partial charge in [0.15, 0.2) is 11.6 Å². The molecule has 0 atom stereocenters. The van der Waals surface area contributed by atoms with Crippen LogP contribution in [0.1, 0.15) is 0 Å². The van der Waals surface area contributed by atoms with Crippen molar-refractivity contribution in [1.82, 2.24) is 15.8 Å². The van der Waals surface area contributed by atoms with Crippen molar-refractivity contribution in [2.45, 2.75) is 0 Å². The van der Waals surface area contributed by atoms with Crippen LogP contribution in [0.4, 0.5) is 11.5 Å². The molecule has 1 fully saturated rings. The van der Waals surface area contributed by atoms with Crippen LogP contribution in [0, 0.1) is 0 Å². The van der Waals surface area contributed by atoms with Crippen LogP contribution < -0.4 is 20.4 Å². The van der Waals surface area contributed by atoms with Crippen molar-refractivity contribution >= 4 is 17.9 Å². The lowest BCUT2D eigenvalue weighted by molar-refractivity contribution is -0.107. The predicted molar refractivity (Wildman–Crippen MR) is 121 cm³/mol. The quantitative estimate of drug-likeness (QED) is 0.481. The first-order valence-electron chi connectivity index (χ1n) is 10.4. The highest BCUT2D eigenvalue weighted by Crippen LogP contribution is 2.39. The highest BCUT2D eigenvalue weighted by Gasteiger charge is 2.19. The summed E-state index contributed by atoms with van der Waals surface area (Å²) in [6.07, 6.45) is 0.824. The molecule has 0 unspecified atom stereocenters. The zero-order chi connectivity index (χ0) is 21.6. The number of hydrogen-bond acceptors (Lipinski definition) is 7. The highest BCUT2D eigenvalue weighted by atomic mass is 16.5. The lowest BCUT2D eigenvalue weighted by atomic mass is 10.00. The van der Waals surface area contributed by atoms with Crippen LogP contribution in [0.2, 0.25) is 0 Å². The summed E-state index contributed by atoms with van der Waals surface area (Å²) < 4.78 is 5.55. The molecule has 0 radical (unpaired) electrons. The first-order chi connectivity index (χ1) is 15.2. The van der Waals surface area contributed by atoms with E-state index in [-0.39, 0.29) is 5.75 Å². The van der Waals surface area contributed by atoms with Gasteiger partial charge in [0.25, 0.3) is 0 Å². The molecule has 0 aliphatic carbocycles. The second-order valence-electron chi connectivity index (χ2n) is 7.44. The maximum absolute atomic E-state index is 11.4. The van der Waals surface area contributed by atoms with Crippen molar-refractivity contribution in [2.75, 3.05) is 56.1 Å². The van der Waals surface area contributed by atoms with E-state index in [1.807, 2.05) is 55.6 Å². The number of nitrogens with zero attached hydrogens (tertiary/aromatic N) is 3. The van der Waals surface area contributed by atoms with Gasteiger partial charge in [-0.3, -0.25) is 4.79 Å². The molecule has 1 saturated heterocycles. The number of aromatic hydroxyl groups is 1. The summed E-state index contributed by atoms with van der Waals surface area (Å²) in [7, 11) is 1.85. The second kappa shape index (κ2) is 9.63. The summed E-state index contributed by atoms with van der Waals surface area (Å²) in [4.78, 5) is 15.2. The first kappa shape index (κ1) is 20.9. The van der Waals surface area contributed by atoms with Crippen LogP contribution in [-0.2, 0) is 4.79 Å². The fourth-order valence-corrected chi connectivity index (χ4v) is 3.72. The zero-order valence-corrected chi connectivity index (χ0v) is 17.5. The Bertz CT molecular complexity index is 1010. The number of hydrogen-bond donors (Lipinski definition) is 3. The van der Waals surface area contributed by atoms with Gasteiger partial charge in [-0.05, 0) is 30.8 Å². The van der Waals surface area contributed by atoms with E-state index in [4.69, 9.17) is 4.52 Å². The Morgan fingerprint density at radius 3 is 2.65 bits per heavy atom. The van der Waals surface area contributed by atoms with Gasteiger partial charge in [0.2, 0.25) is 6.41 Å². The smallest absolute Gasteiger partial charge is 0.214 e. The molecule has 8 nitrogen and oxygen atoms in total. The average molecular weight is 422 g/mol. The minimum Gasteiger partial charge on any atom is -0.507 e. The minimum absolute atomic E-state index is 0.140. The molecule has 0 bridgehead atoms. The van der Waals surface area contributed by atoms with Gasteiger partial charge in [-0.25, -0.2) is 0 Å². The van der Waals surface area contributed by atoms with Gasteiger partial charge in [0.05, 0.1) is 5.56 Å². The zero-order valence-electron chi connectivity index (χ0n) is 17.5. The van der Waals surface area contributed by atoms with Crippen LogP contribution in [0.25, 0.3) is 22.5 Å². The number of carbonyl (C=O) groups excluding carboxylic acids is 1. The van der Waals surface area contributed by atoms with Gasteiger partial charge >= 0.3 is 0 Å². The van der Waals surface area contributed by atoms with Crippen molar-refractivity contribution in [2.24, 2.45) is 0 Å². The Morgan fingerprint density at radius 1 is 1.19 bits per heavy atom. The van der Waals surface area contributed by atoms with E-state index in [0.29, 0.717) is 30.0 Å². The molecule has 0 saturated carbocycles. The van der Waals surface area contributed by atoms with Gasteiger partial charge in [-0.2, -0.15) is 0 Å². The molecule has 1 aliphatic heterocycles. The lowest BCUT2D eigenvalue weighted by Crippen LogP contribution is -2.43. The molecule has 1 aromatic heterocycles. The molecule has 0 spiro atoms. The van der Waals surface area contributed by atoms with Crippen LogP contribution in [0.3, 0.4) is 0 Å². The van der Waals surface area contributed by atoms with Crippen molar-refractivity contribution in [3.8, 4) is 28.2 Å². The van der Waals surface area contributed by atoms with Crippen LogP contribution in [0.5, 0.6) is 5.75 Å². The molecule has 1 amide bonds. The number of phenolic OH excluding ortho intramolecular Hbond substituents is 1. The second-order valence-corrected chi connectivity index (χ2v) is 7.44. The van der Waals surface area contributed by atoms with Crippen LogP contribution in [-0.4, -0.2) is 63.0 Å². The molecule has 4 rings (SSSR count). The predicted octanol–water partition coefficient (Wildman–Crippen LogP) is 2.31. The molecule has 8 heteroatoms. The van der Waals surface area contributed by atoms with Crippen molar-refractivity contribution in [3.05, 3.63) is 48.5 Å². The first-order valence-corrected chi connectivity index (χ1v) is 10.4. The molecule has 2 aromatic carbocycles. The number of amides is 1. The third kappa shape index (κ3) is 4.55. The summed E-state index contributed by atoms with van der Waals surface area (Å²) in [6, 6.07) is 15.0. The summed E-state index contributed by atoms with van der Waals surface area (Å²) in [5, 5.41) is 21.5. The lowest BCUT2D eigenvalue weighted by Gasteiger charge is -2.26. The molecular formula is C23H27N5O3. The van der Waals surface area contributed by atoms with Crippen molar-refractivity contribution < 1.29 is 14.4 Å². The van der Waals surface area contributed by atoms with Gasteiger partial charge in [-0.1, -0.05) is 29.4 Å². The molecule has 31 heavy (non-hydrogen) atoms.